The zero-order valence-corrected chi connectivity index (χ0v) is 12.7. The van der Waals surface area contributed by atoms with E-state index in [2.05, 4.69) is 15.9 Å². The van der Waals surface area contributed by atoms with Crippen molar-refractivity contribution >= 4 is 39.1 Å². The Balaban J connectivity index is 2.07. The molecule has 1 heterocycles. The van der Waals surface area contributed by atoms with Crippen molar-refractivity contribution < 1.29 is 14.3 Å². The van der Waals surface area contributed by atoms with Gasteiger partial charge in [0.05, 0.1) is 28.4 Å². The van der Waals surface area contributed by atoms with Gasteiger partial charge >= 0.3 is 0 Å². The lowest BCUT2D eigenvalue weighted by molar-refractivity contribution is 0.0926. The van der Waals surface area contributed by atoms with Gasteiger partial charge in [-0.05, 0) is 52.3 Å². The number of fused-ring (bicyclic) bond motifs is 1. The molecule has 0 saturated heterocycles. The molecule has 5 nitrogen and oxygen atoms in total. The minimum Gasteiger partial charge on any atom is -0.496 e. The number of rotatable bonds is 2. The van der Waals surface area contributed by atoms with Crippen LogP contribution in [0, 0.1) is 0 Å². The molecule has 2 aromatic carbocycles. The predicted octanol–water partition coefficient (Wildman–Crippen LogP) is 2.84. The zero-order chi connectivity index (χ0) is 15.1. The van der Waals surface area contributed by atoms with Gasteiger partial charge in [0.2, 0.25) is 0 Å². The Morgan fingerprint density at radius 2 is 1.76 bits per heavy atom. The first-order valence-corrected chi connectivity index (χ1v) is 6.94. The normalized spacial score (nSPS) is 13.5. The third-order valence-corrected chi connectivity index (χ3v) is 3.92. The van der Waals surface area contributed by atoms with Crippen LogP contribution in [0.25, 0.3) is 0 Å². The van der Waals surface area contributed by atoms with Crippen LogP contribution in [-0.2, 0) is 0 Å². The number of hydrogen-bond acceptors (Lipinski definition) is 4. The summed E-state index contributed by atoms with van der Waals surface area (Å²) in [6.07, 6.45) is 0. The molecule has 3 rings (SSSR count). The van der Waals surface area contributed by atoms with E-state index in [1.807, 2.05) is 0 Å². The van der Waals surface area contributed by atoms with Crippen LogP contribution in [0.3, 0.4) is 0 Å². The number of carbonyl (C=O) groups excluding carboxylic acids is 2. The molecular weight excluding hydrogens is 336 g/mol. The van der Waals surface area contributed by atoms with Crippen LogP contribution in [0.1, 0.15) is 20.7 Å². The molecule has 2 N–H and O–H groups in total. The Kier molecular flexibility index (Phi) is 3.17. The third-order valence-electron chi connectivity index (χ3n) is 3.30. The first-order valence-electron chi connectivity index (χ1n) is 6.15. The largest absolute Gasteiger partial charge is 0.496 e. The number of hydrogen-bond donors (Lipinski definition) is 1. The Labute approximate surface area is 129 Å². The maximum Gasteiger partial charge on any atom is 0.266 e. The number of halogens is 1. The minimum atomic E-state index is -0.376. The number of amides is 2. The van der Waals surface area contributed by atoms with Gasteiger partial charge in [0.25, 0.3) is 11.8 Å². The van der Waals surface area contributed by atoms with E-state index in [1.165, 1.54) is 6.07 Å². The van der Waals surface area contributed by atoms with Crippen molar-refractivity contribution in [3.63, 3.8) is 0 Å². The number of anilines is 2. The van der Waals surface area contributed by atoms with Crippen LogP contribution < -0.4 is 15.4 Å². The number of benzene rings is 2. The summed E-state index contributed by atoms with van der Waals surface area (Å²) in [4.78, 5) is 26.0. The quantitative estimate of drug-likeness (QED) is 0.670. The maximum absolute atomic E-state index is 12.4. The maximum atomic E-state index is 12.4. The molecule has 106 valence electrons. The van der Waals surface area contributed by atoms with Gasteiger partial charge in [-0.25, -0.2) is 4.90 Å². The van der Waals surface area contributed by atoms with Gasteiger partial charge in [0, 0.05) is 5.69 Å². The fraction of sp³-hybridized carbons (Fsp3) is 0.0667. The van der Waals surface area contributed by atoms with E-state index in [1.54, 1.807) is 37.4 Å². The summed E-state index contributed by atoms with van der Waals surface area (Å²) in [6, 6.07) is 9.73. The molecular formula is C15H11BrN2O3. The molecule has 2 aromatic rings. The van der Waals surface area contributed by atoms with E-state index in [-0.39, 0.29) is 11.8 Å². The molecule has 0 unspecified atom stereocenters. The highest BCUT2D eigenvalue weighted by atomic mass is 79.9. The summed E-state index contributed by atoms with van der Waals surface area (Å²) in [5, 5.41) is 0. The molecule has 1 aliphatic rings. The first-order chi connectivity index (χ1) is 10.0. The van der Waals surface area contributed by atoms with Crippen LogP contribution >= 0.6 is 15.9 Å². The first kappa shape index (κ1) is 13.6. The van der Waals surface area contributed by atoms with E-state index in [4.69, 9.17) is 10.5 Å². The molecule has 0 radical (unpaired) electrons. The highest BCUT2D eigenvalue weighted by Gasteiger charge is 2.36. The number of imide groups is 1. The number of ether oxygens (including phenoxy) is 1. The number of nitrogens with zero attached hydrogens (tertiary/aromatic N) is 1. The summed E-state index contributed by atoms with van der Waals surface area (Å²) in [5.74, 6) is -0.106. The molecule has 0 saturated carbocycles. The van der Waals surface area contributed by atoms with Gasteiger partial charge in [-0.3, -0.25) is 9.59 Å². The number of nitrogens with two attached hydrogens (primary N) is 1. The van der Waals surface area contributed by atoms with Crippen molar-refractivity contribution in [2.24, 2.45) is 0 Å². The third kappa shape index (κ3) is 2.08. The van der Waals surface area contributed by atoms with E-state index in [0.29, 0.717) is 32.7 Å². The van der Waals surface area contributed by atoms with E-state index >= 15 is 0 Å². The standard InChI is InChI=1S/C15H11BrN2O3/c1-21-13-5-3-9(7-12(13)16)18-14(19)10-4-2-8(17)6-11(10)15(18)20/h2-7H,17H2,1H3. The molecule has 0 fully saturated rings. The lowest BCUT2D eigenvalue weighted by atomic mass is 10.1. The van der Waals surface area contributed by atoms with E-state index in [9.17, 15) is 9.59 Å². The van der Waals surface area contributed by atoms with Crippen LogP contribution in [0.4, 0.5) is 11.4 Å². The van der Waals surface area contributed by atoms with E-state index in [0.717, 1.165) is 4.90 Å². The van der Waals surface area contributed by atoms with Crippen LogP contribution in [0.2, 0.25) is 0 Å². The van der Waals surface area contributed by atoms with Gasteiger partial charge in [-0.2, -0.15) is 0 Å². The topological polar surface area (TPSA) is 72.6 Å². The zero-order valence-electron chi connectivity index (χ0n) is 11.1. The molecule has 21 heavy (non-hydrogen) atoms. The van der Waals surface area contributed by atoms with Crippen molar-refractivity contribution in [2.75, 3.05) is 17.7 Å². The number of carbonyl (C=O) groups is 2. The average Bonchev–Trinajstić information content (AvgIpc) is 2.70. The number of nitrogen functional groups attached to an aromatic ring is 1. The van der Waals surface area contributed by atoms with Crippen LogP contribution in [0.5, 0.6) is 5.75 Å². The fourth-order valence-electron chi connectivity index (χ4n) is 2.29. The van der Waals surface area contributed by atoms with Crippen molar-refractivity contribution in [2.45, 2.75) is 0 Å². The molecule has 1 aliphatic heterocycles. The second-order valence-corrected chi connectivity index (χ2v) is 5.42. The highest BCUT2D eigenvalue weighted by molar-refractivity contribution is 9.10. The highest BCUT2D eigenvalue weighted by Crippen LogP contribution is 2.34. The summed E-state index contributed by atoms with van der Waals surface area (Å²) in [7, 11) is 1.55. The monoisotopic (exact) mass is 346 g/mol. The van der Waals surface area contributed by atoms with Crippen molar-refractivity contribution in [3.8, 4) is 5.75 Å². The van der Waals surface area contributed by atoms with Gasteiger partial charge in [-0.15, -0.1) is 0 Å². The molecule has 6 heteroatoms. The summed E-state index contributed by atoms with van der Waals surface area (Å²) in [5.41, 5.74) is 7.30. The van der Waals surface area contributed by atoms with Crippen LogP contribution in [-0.4, -0.2) is 18.9 Å². The fourth-order valence-corrected chi connectivity index (χ4v) is 2.82. The summed E-state index contributed by atoms with van der Waals surface area (Å²) < 4.78 is 5.81. The van der Waals surface area contributed by atoms with Crippen molar-refractivity contribution in [1.82, 2.24) is 0 Å². The summed E-state index contributed by atoms with van der Waals surface area (Å²) >= 11 is 3.35. The molecule has 2 amide bonds. The van der Waals surface area contributed by atoms with Crippen molar-refractivity contribution in [3.05, 3.63) is 52.0 Å². The Morgan fingerprint density at radius 3 is 2.43 bits per heavy atom. The second kappa shape index (κ2) is 4.89. The average molecular weight is 347 g/mol. The molecule has 0 aromatic heterocycles. The SMILES string of the molecule is COc1ccc(N2C(=O)c3ccc(N)cc3C2=O)cc1Br. The lowest BCUT2D eigenvalue weighted by Crippen LogP contribution is -2.29. The Hall–Kier alpha value is -2.34. The van der Waals surface area contributed by atoms with Gasteiger partial charge < -0.3 is 10.5 Å². The van der Waals surface area contributed by atoms with Crippen molar-refractivity contribution in [1.29, 1.82) is 0 Å². The molecule has 0 atom stereocenters. The summed E-state index contributed by atoms with van der Waals surface area (Å²) in [6.45, 7) is 0. The second-order valence-electron chi connectivity index (χ2n) is 4.57. The Morgan fingerprint density at radius 1 is 1.05 bits per heavy atom. The lowest BCUT2D eigenvalue weighted by Gasteiger charge is -2.15. The van der Waals surface area contributed by atoms with Gasteiger partial charge in [0.15, 0.2) is 0 Å². The predicted molar refractivity (Wildman–Crippen MR) is 82.7 cm³/mol. The van der Waals surface area contributed by atoms with Crippen LogP contribution in [0.15, 0.2) is 40.9 Å². The van der Waals surface area contributed by atoms with Gasteiger partial charge in [-0.1, -0.05) is 0 Å². The van der Waals surface area contributed by atoms with E-state index < -0.39 is 0 Å². The minimum absolute atomic E-state index is 0.326. The number of methoxy groups -OCH3 is 1. The molecule has 0 aliphatic carbocycles. The Bertz CT molecular complexity index is 774. The van der Waals surface area contributed by atoms with Gasteiger partial charge in [0.1, 0.15) is 5.75 Å². The molecule has 0 spiro atoms. The molecule has 0 bridgehead atoms. The smallest absolute Gasteiger partial charge is 0.266 e.